The summed E-state index contributed by atoms with van der Waals surface area (Å²) in [5.41, 5.74) is 0.506. The second kappa shape index (κ2) is 6.15. The summed E-state index contributed by atoms with van der Waals surface area (Å²) in [5, 5.41) is 3.52. The van der Waals surface area contributed by atoms with E-state index >= 15 is 0 Å². The summed E-state index contributed by atoms with van der Waals surface area (Å²) in [6, 6.07) is 0. The van der Waals surface area contributed by atoms with Crippen molar-refractivity contribution >= 4 is 0 Å². The molecule has 1 aliphatic rings. The molecule has 1 aliphatic heterocycles. The molecule has 1 rings (SSSR count). The molecule has 0 radical (unpaired) electrons. The van der Waals surface area contributed by atoms with Crippen molar-refractivity contribution in [3.63, 3.8) is 0 Å². The first kappa shape index (κ1) is 12.5. The Labute approximate surface area is 94.4 Å². The fourth-order valence-electron chi connectivity index (χ4n) is 2.00. The van der Waals surface area contributed by atoms with Crippen LogP contribution in [0.3, 0.4) is 0 Å². The first-order chi connectivity index (χ1) is 7.16. The van der Waals surface area contributed by atoms with Gasteiger partial charge in [0.25, 0.3) is 0 Å². The maximum Gasteiger partial charge on any atom is 0.0214 e. The van der Waals surface area contributed by atoms with Gasteiger partial charge < -0.3 is 10.2 Å². The van der Waals surface area contributed by atoms with Crippen LogP contribution in [0.4, 0.5) is 0 Å². The lowest BCUT2D eigenvalue weighted by Crippen LogP contribution is -2.42. The van der Waals surface area contributed by atoms with Gasteiger partial charge >= 0.3 is 0 Å². The molecule has 0 unspecified atom stereocenters. The third kappa shape index (κ3) is 4.68. The normalized spacial score (nSPS) is 20.7. The highest BCUT2D eigenvalue weighted by Gasteiger charge is 2.27. The highest BCUT2D eigenvalue weighted by Crippen LogP contribution is 2.29. The third-order valence-corrected chi connectivity index (χ3v) is 3.35. The number of rotatable bonds is 4. The van der Waals surface area contributed by atoms with Crippen LogP contribution in [-0.2, 0) is 0 Å². The molecule has 0 atom stereocenters. The van der Waals surface area contributed by atoms with Crippen molar-refractivity contribution in [2.45, 2.75) is 33.1 Å². The zero-order chi connectivity index (χ0) is 11.1. The lowest BCUT2D eigenvalue weighted by atomic mass is 9.80. The van der Waals surface area contributed by atoms with Crippen molar-refractivity contribution in [2.24, 2.45) is 5.41 Å². The molecular weight excluding hydrogens is 184 g/mol. The highest BCUT2D eigenvalue weighted by molar-refractivity contribution is 4.95. The predicted molar refractivity (Wildman–Crippen MR) is 65.8 cm³/mol. The zero-order valence-electron chi connectivity index (χ0n) is 10.4. The Morgan fingerprint density at radius 1 is 1.33 bits per heavy atom. The number of nitrogens with zero attached hydrogens (tertiary/aromatic N) is 1. The van der Waals surface area contributed by atoms with Crippen LogP contribution >= 0.6 is 0 Å². The van der Waals surface area contributed by atoms with Gasteiger partial charge in [-0.05, 0) is 45.3 Å². The van der Waals surface area contributed by atoms with E-state index in [1.54, 1.807) is 0 Å². The van der Waals surface area contributed by atoms with E-state index in [1.807, 2.05) is 6.92 Å². The van der Waals surface area contributed by atoms with Crippen molar-refractivity contribution in [2.75, 3.05) is 33.2 Å². The summed E-state index contributed by atoms with van der Waals surface area (Å²) in [4.78, 5) is 2.42. The quantitative estimate of drug-likeness (QED) is 0.559. The Morgan fingerprint density at radius 3 is 2.60 bits per heavy atom. The van der Waals surface area contributed by atoms with E-state index in [-0.39, 0.29) is 0 Å². The molecule has 0 saturated carbocycles. The number of piperidine rings is 1. The maximum absolute atomic E-state index is 3.52. The average Bonchev–Trinajstić information content (AvgIpc) is 2.23. The van der Waals surface area contributed by atoms with Crippen LogP contribution in [0.25, 0.3) is 0 Å². The van der Waals surface area contributed by atoms with Gasteiger partial charge in [-0.1, -0.05) is 6.92 Å². The largest absolute Gasteiger partial charge is 0.315 e. The smallest absolute Gasteiger partial charge is 0.0214 e. The molecule has 2 heteroatoms. The number of hydrogen-bond acceptors (Lipinski definition) is 2. The molecule has 0 aromatic heterocycles. The van der Waals surface area contributed by atoms with Gasteiger partial charge in [0.2, 0.25) is 0 Å². The second-order valence-electron chi connectivity index (χ2n) is 4.97. The zero-order valence-corrected chi connectivity index (χ0v) is 10.4. The molecule has 0 amide bonds. The first-order valence-electron chi connectivity index (χ1n) is 5.95. The van der Waals surface area contributed by atoms with E-state index in [4.69, 9.17) is 0 Å². The summed E-state index contributed by atoms with van der Waals surface area (Å²) in [6.45, 7) is 8.97. The Balaban J connectivity index is 2.15. The first-order valence-corrected chi connectivity index (χ1v) is 5.95. The van der Waals surface area contributed by atoms with Gasteiger partial charge in [-0.25, -0.2) is 0 Å². The molecule has 1 heterocycles. The SMILES string of the molecule is CC#CCCNCC1(C)CCN(C)CC1. The van der Waals surface area contributed by atoms with E-state index in [9.17, 15) is 0 Å². The lowest BCUT2D eigenvalue weighted by molar-refractivity contribution is 0.137. The van der Waals surface area contributed by atoms with E-state index in [1.165, 1.54) is 25.9 Å². The van der Waals surface area contributed by atoms with Gasteiger partial charge in [0.1, 0.15) is 0 Å². The van der Waals surface area contributed by atoms with Crippen LogP contribution in [0.15, 0.2) is 0 Å². The molecule has 1 saturated heterocycles. The van der Waals surface area contributed by atoms with Crippen LogP contribution < -0.4 is 5.32 Å². The van der Waals surface area contributed by atoms with Crippen LogP contribution in [0, 0.1) is 17.3 Å². The minimum absolute atomic E-state index is 0.506. The summed E-state index contributed by atoms with van der Waals surface area (Å²) >= 11 is 0. The fraction of sp³-hybridized carbons (Fsp3) is 0.846. The number of likely N-dealkylation sites (tertiary alicyclic amines) is 1. The van der Waals surface area contributed by atoms with Crippen molar-refractivity contribution in [3.05, 3.63) is 0 Å². The minimum Gasteiger partial charge on any atom is -0.315 e. The molecule has 1 N–H and O–H groups in total. The molecule has 0 bridgehead atoms. The molecular formula is C13H24N2. The molecule has 2 nitrogen and oxygen atoms in total. The standard InChI is InChI=1S/C13H24N2/c1-4-5-6-9-14-12-13(2)7-10-15(3)11-8-13/h14H,6-12H2,1-3H3. The van der Waals surface area contributed by atoms with Crippen molar-refractivity contribution in [1.82, 2.24) is 10.2 Å². The molecule has 0 aromatic rings. The highest BCUT2D eigenvalue weighted by atomic mass is 15.1. The Bertz CT molecular complexity index is 229. The summed E-state index contributed by atoms with van der Waals surface area (Å²) < 4.78 is 0. The summed E-state index contributed by atoms with van der Waals surface area (Å²) in [7, 11) is 2.21. The molecule has 0 spiro atoms. The monoisotopic (exact) mass is 208 g/mol. The van der Waals surface area contributed by atoms with E-state index in [2.05, 4.69) is 36.0 Å². The van der Waals surface area contributed by atoms with Gasteiger partial charge in [-0.3, -0.25) is 0 Å². The predicted octanol–water partition coefficient (Wildman–Crippen LogP) is 1.72. The lowest BCUT2D eigenvalue weighted by Gasteiger charge is -2.38. The second-order valence-corrected chi connectivity index (χ2v) is 4.97. The third-order valence-electron chi connectivity index (χ3n) is 3.35. The van der Waals surface area contributed by atoms with Crippen molar-refractivity contribution in [1.29, 1.82) is 0 Å². The Kier molecular flexibility index (Phi) is 5.14. The average molecular weight is 208 g/mol. The molecule has 0 aromatic carbocycles. The number of hydrogen-bond donors (Lipinski definition) is 1. The number of nitrogens with one attached hydrogen (secondary N) is 1. The van der Waals surface area contributed by atoms with Gasteiger partial charge in [-0.2, -0.15) is 0 Å². The van der Waals surface area contributed by atoms with E-state index < -0.39 is 0 Å². The van der Waals surface area contributed by atoms with Gasteiger partial charge in [0.05, 0.1) is 0 Å². The van der Waals surface area contributed by atoms with E-state index in [0.717, 1.165) is 19.5 Å². The Morgan fingerprint density at radius 2 is 2.00 bits per heavy atom. The van der Waals surface area contributed by atoms with Crippen LogP contribution in [-0.4, -0.2) is 38.1 Å². The van der Waals surface area contributed by atoms with Crippen LogP contribution in [0.2, 0.25) is 0 Å². The summed E-state index contributed by atoms with van der Waals surface area (Å²) in [6.07, 6.45) is 3.61. The van der Waals surface area contributed by atoms with Gasteiger partial charge in [-0.15, -0.1) is 11.8 Å². The van der Waals surface area contributed by atoms with E-state index in [0.29, 0.717) is 5.41 Å². The van der Waals surface area contributed by atoms with Crippen LogP contribution in [0.1, 0.15) is 33.1 Å². The minimum atomic E-state index is 0.506. The van der Waals surface area contributed by atoms with Crippen molar-refractivity contribution in [3.8, 4) is 11.8 Å². The molecule has 1 fully saturated rings. The molecule has 86 valence electrons. The molecule has 0 aliphatic carbocycles. The van der Waals surface area contributed by atoms with Gasteiger partial charge in [0, 0.05) is 19.5 Å². The Hall–Kier alpha value is -0.520. The fourth-order valence-corrected chi connectivity index (χ4v) is 2.00. The topological polar surface area (TPSA) is 15.3 Å². The summed E-state index contributed by atoms with van der Waals surface area (Å²) in [5.74, 6) is 6.01. The maximum atomic E-state index is 3.52. The van der Waals surface area contributed by atoms with Crippen molar-refractivity contribution < 1.29 is 0 Å². The molecule has 15 heavy (non-hydrogen) atoms. The van der Waals surface area contributed by atoms with Gasteiger partial charge in [0.15, 0.2) is 0 Å². The van der Waals surface area contributed by atoms with Crippen LogP contribution in [0.5, 0.6) is 0 Å².